The highest BCUT2D eigenvalue weighted by Crippen LogP contribution is 2.36. The topological polar surface area (TPSA) is 59.8 Å². The highest BCUT2D eigenvalue weighted by atomic mass is 16.5. The molecule has 4 rings (SSSR count). The van der Waals surface area contributed by atoms with Crippen LogP contribution in [0.15, 0.2) is 54.6 Å². The molecule has 3 aromatic rings. The molecule has 0 saturated heterocycles. The summed E-state index contributed by atoms with van der Waals surface area (Å²) in [7, 11) is 1.93. The lowest BCUT2D eigenvalue weighted by Gasteiger charge is -2.26. The minimum atomic E-state index is -0.542. The summed E-state index contributed by atoms with van der Waals surface area (Å²) in [5.74, 6) is 2.22. The number of aliphatic hydroxyl groups excluding tert-OH is 1. The first-order valence-corrected chi connectivity index (χ1v) is 12.3. The fourth-order valence-electron chi connectivity index (χ4n) is 4.19. The summed E-state index contributed by atoms with van der Waals surface area (Å²) in [6, 6.07) is 18.3. The molecule has 6 nitrogen and oxygen atoms in total. The Bertz CT molecular complexity index is 1060. The van der Waals surface area contributed by atoms with Gasteiger partial charge >= 0.3 is 0 Å². The average molecular weight is 464 g/mol. The second-order valence-electron chi connectivity index (χ2n) is 9.71. The summed E-state index contributed by atoms with van der Waals surface area (Å²) in [5.41, 5.74) is 4.16. The van der Waals surface area contributed by atoms with E-state index in [0.717, 1.165) is 40.6 Å². The first-order chi connectivity index (χ1) is 16.4. The van der Waals surface area contributed by atoms with Gasteiger partial charge in [-0.05, 0) is 57.2 Å². The number of hydrogen-bond acceptors (Lipinski definition) is 5. The summed E-state index contributed by atoms with van der Waals surface area (Å²) in [6.45, 7) is 8.53. The highest BCUT2D eigenvalue weighted by Gasteiger charge is 2.28. The summed E-state index contributed by atoms with van der Waals surface area (Å²) >= 11 is 0. The fraction of sp³-hybridized carbons (Fsp3) is 0.464. The maximum absolute atomic E-state index is 10.7. The third kappa shape index (κ3) is 6.69. The predicted octanol–water partition coefficient (Wildman–Crippen LogP) is 5.19. The van der Waals surface area contributed by atoms with Gasteiger partial charge in [0.05, 0.1) is 24.4 Å². The average Bonchev–Trinajstić information content (AvgIpc) is 3.57. The number of nitrogens with zero attached hydrogens (tertiary/aromatic N) is 3. The van der Waals surface area contributed by atoms with Gasteiger partial charge in [-0.15, -0.1) is 0 Å². The minimum absolute atomic E-state index is 0.101. The summed E-state index contributed by atoms with van der Waals surface area (Å²) in [5, 5.41) is 15.6. The molecule has 0 radical (unpaired) electrons. The molecule has 0 unspecified atom stereocenters. The van der Waals surface area contributed by atoms with Crippen LogP contribution in [0.2, 0.25) is 0 Å². The van der Waals surface area contributed by atoms with Crippen molar-refractivity contribution in [3.05, 3.63) is 65.7 Å². The van der Waals surface area contributed by atoms with Crippen molar-refractivity contribution in [2.24, 2.45) is 13.0 Å². The van der Waals surface area contributed by atoms with Gasteiger partial charge in [0.1, 0.15) is 11.4 Å². The Morgan fingerprint density at radius 3 is 2.56 bits per heavy atom. The Balaban J connectivity index is 1.64. The van der Waals surface area contributed by atoms with E-state index >= 15 is 0 Å². The van der Waals surface area contributed by atoms with E-state index in [-0.39, 0.29) is 6.10 Å². The molecule has 2 aromatic carbocycles. The smallest absolute Gasteiger partial charge is 0.222 e. The molecule has 1 atom stereocenters. The predicted molar refractivity (Wildman–Crippen MR) is 135 cm³/mol. The molecule has 182 valence electrons. The Kier molecular flexibility index (Phi) is 8.03. The first kappa shape index (κ1) is 24.5. The zero-order valence-electron chi connectivity index (χ0n) is 20.8. The van der Waals surface area contributed by atoms with Gasteiger partial charge in [0.25, 0.3) is 0 Å². The van der Waals surface area contributed by atoms with Gasteiger partial charge in [0.15, 0.2) is 0 Å². The number of benzene rings is 2. The van der Waals surface area contributed by atoms with Crippen molar-refractivity contribution in [1.82, 2.24) is 14.7 Å². The number of aryl methyl sites for hydroxylation is 2. The number of rotatable bonds is 12. The molecule has 0 spiro atoms. The second-order valence-corrected chi connectivity index (χ2v) is 9.71. The fourth-order valence-corrected chi connectivity index (χ4v) is 4.19. The number of ether oxygens (including phenoxy) is 2. The van der Waals surface area contributed by atoms with Crippen LogP contribution in [0.4, 0.5) is 0 Å². The molecule has 34 heavy (non-hydrogen) atoms. The van der Waals surface area contributed by atoms with Crippen molar-refractivity contribution in [3.8, 4) is 22.9 Å². The molecule has 1 fully saturated rings. The monoisotopic (exact) mass is 463 g/mol. The molecule has 1 aliphatic carbocycles. The van der Waals surface area contributed by atoms with Crippen LogP contribution in [-0.4, -0.2) is 51.7 Å². The Hall–Kier alpha value is -2.67. The van der Waals surface area contributed by atoms with Crippen LogP contribution in [0.5, 0.6) is 11.6 Å². The SMILES string of the molecule is Cc1cccc(Oc2c(CN(CC3CC3)C[C@H](O)COC(C)C)c(-c3ccccc3)nn2C)c1. The maximum Gasteiger partial charge on any atom is 0.222 e. The molecule has 0 amide bonds. The Morgan fingerprint density at radius 2 is 1.88 bits per heavy atom. The highest BCUT2D eigenvalue weighted by molar-refractivity contribution is 5.65. The van der Waals surface area contributed by atoms with E-state index in [1.54, 1.807) is 0 Å². The molecular formula is C28H37N3O3. The lowest BCUT2D eigenvalue weighted by molar-refractivity contribution is -0.0101. The number of hydrogen-bond donors (Lipinski definition) is 1. The third-order valence-electron chi connectivity index (χ3n) is 6.03. The molecule has 6 heteroatoms. The van der Waals surface area contributed by atoms with Gasteiger partial charge in [-0.1, -0.05) is 42.5 Å². The molecule has 1 heterocycles. The maximum atomic E-state index is 10.7. The number of aliphatic hydroxyl groups is 1. The first-order valence-electron chi connectivity index (χ1n) is 12.3. The van der Waals surface area contributed by atoms with Crippen molar-refractivity contribution in [2.75, 3.05) is 19.7 Å². The van der Waals surface area contributed by atoms with Gasteiger partial charge in [-0.2, -0.15) is 5.10 Å². The van der Waals surface area contributed by atoms with E-state index in [4.69, 9.17) is 14.6 Å². The van der Waals surface area contributed by atoms with Crippen molar-refractivity contribution >= 4 is 0 Å². The van der Waals surface area contributed by atoms with E-state index in [1.165, 1.54) is 12.8 Å². The lowest BCUT2D eigenvalue weighted by Crippen LogP contribution is -2.36. The second kappa shape index (κ2) is 11.2. The summed E-state index contributed by atoms with van der Waals surface area (Å²) < 4.78 is 13.9. The molecule has 0 bridgehead atoms. The van der Waals surface area contributed by atoms with Crippen LogP contribution in [0, 0.1) is 12.8 Å². The van der Waals surface area contributed by atoms with E-state index in [9.17, 15) is 5.11 Å². The van der Waals surface area contributed by atoms with Crippen LogP contribution in [0.3, 0.4) is 0 Å². The minimum Gasteiger partial charge on any atom is -0.439 e. The number of aromatic nitrogens is 2. The van der Waals surface area contributed by atoms with Crippen LogP contribution in [-0.2, 0) is 18.3 Å². The van der Waals surface area contributed by atoms with E-state index in [0.29, 0.717) is 25.6 Å². The van der Waals surface area contributed by atoms with Crippen LogP contribution >= 0.6 is 0 Å². The van der Waals surface area contributed by atoms with Crippen molar-refractivity contribution in [2.45, 2.75) is 52.4 Å². The van der Waals surface area contributed by atoms with Crippen molar-refractivity contribution in [1.29, 1.82) is 0 Å². The molecular weight excluding hydrogens is 426 g/mol. The standard InChI is InChI=1S/C28H37N3O3/c1-20(2)33-19-24(32)17-31(16-22-13-14-22)18-26-27(23-10-6-5-7-11-23)29-30(4)28(26)34-25-12-8-9-21(3)15-25/h5-12,15,20,22,24,32H,13-14,16-19H2,1-4H3/t24-/m0/s1. The molecule has 1 saturated carbocycles. The lowest BCUT2D eigenvalue weighted by atomic mass is 10.1. The van der Waals surface area contributed by atoms with Gasteiger partial charge in [0.2, 0.25) is 5.88 Å². The van der Waals surface area contributed by atoms with E-state index in [1.807, 2.05) is 62.0 Å². The zero-order chi connectivity index (χ0) is 24.1. The Labute approximate surface area is 203 Å². The van der Waals surface area contributed by atoms with E-state index in [2.05, 4.69) is 30.0 Å². The largest absolute Gasteiger partial charge is 0.439 e. The van der Waals surface area contributed by atoms with Gasteiger partial charge in [-0.3, -0.25) is 4.90 Å². The van der Waals surface area contributed by atoms with Crippen LogP contribution in [0.1, 0.15) is 37.8 Å². The van der Waals surface area contributed by atoms with Gasteiger partial charge < -0.3 is 14.6 Å². The molecule has 1 aliphatic rings. The summed E-state index contributed by atoms with van der Waals surface area (Å²) in [6.07, 6.45) is 2.06. The molecule has 1 N–H and O–H groups in total. The quantitative estimate of drug-likeness (QED) is 0.401. The Morgan fingerprint density at radius 1 is 1.12 bits per heavy atom. The van der Waals surface area contributed by atoms with Crippen molar-refractivity contribution < 1.29 is 14.6 Å². The summed E-state index contributed by atoms with van der Waals surface area (Å²) in [4.78, 5) is 2.33. The zero-order valence-corrected chi connectivity index (χ0v) is 20.8. The van der Waals surface area contributed by atoms with Crippen LogP contribution in [0.25, 0.3) is 11.3 Å². The van der Waals surface area contributed by atoms with Gasteiger partial charge in [-0.25, -0.2) is 4.68 Å². The third-order valence-corrected chi connectivity index (χ3v) is 6.03. The van der Waals surface area contributed by atoms with Gasteiger partial charge in [0, 0.05) is 32.2 Å². The molecule has 1 aromatic heterocycles. The van der Waals surface area contributed by atoms with Crippen molar-refractivity contribution in [3.63, 3.8) is 0 Å². The van der Waals surface area contributed by atoms with Crippen LogP contribution < -0.4 is 4.74 Å². The normalized spacial score (nSPS) is 14.7. The van der Waals surface area contributed by atoms with E-state index < -0.39 is 6.10 Å². The molecule has 0 aliphatic heterocycles.